The smallest absolute Gasteiger partial charge is 0.462 e. The molecule has 0 aliphatic rings. The van der Waals surface area contributed by atoms with E-state index in [1.807, 2.05) is 0 Å². The van der Waals surface area contributed by atoms with E-state index in [0.717, 1.165) is 148 Å². The molecule has 0 rings (SSSR count). The highest BCUT2D eigenvalue weighted by molar-refractivity contribution is 7.47. The summed E-state index contributed by atoms with van der Waals surface area (Å²) < 4.78 is 68.4. The van der Waals surface area contributed by atoms with E-state index in [0.29, 0.717) is 25.7 Å². The third kappa shape index (κ3) is 69.0. The molecule has 558 valence electrons. The van der Waals surface area contributed by atoms with Gasteiger partial charge >= 0.3 is 39.5 Å². The van der Waals surface area contributed by atoms with Crippen LogP contribution in [0.3, 0.4) is 0 Å². The van der Waals surface area contributed by atoms with Gasteiger partial charge in [-0.3, -0.25) is 37.3 Å². The van der Waals surface area contributed by atoms with Crippen molar-refractivity contribution in [2.24, 2.45) is 0 Å². The molecule has 0 heterocycles. The Bertz CT molecular complexity index is 2110. The van der Waals surface area contributed by atoms with Gasteiger partial charge in [0.2, 0.25) is 0 Å². The molecule has 19 heteroatoms. The number of ether oxygens (including phenoxy) is 4. The van der Waals surface area contributed by atoms with Gasteiger partial charge in [0, 0.05) is 25.7 Å². The second-order valence-electron chi connectivity index (χ2n) is 25.5. The minimum absolute atomic E-state index is 0.0736. The van der Waals surface area contributed by atoms with Gasteiger partial charge in [-0.1, -0.05) is 293 Å². The highest BCUT2D eigenvalue weighted by atomic mass is 31.2. The topological polar surface area (TPSA) is 237 Å². The minimum Gasteiger partial charge on any atom is -0.462 e. The molecule has 0 fully saturated rings. The average molecular weight is 1400 g/mol. The highest BCUT2D eigenvalue weighted by Crippen LogP contribution is 2.45. The van der Waals surface area contributed by atoms with E-state index in [9.17, 15) is 43.2 Å². The fourth-order valence-corrected chi connectivity index (χ4v) is 12.0. The van der Waals surface area contributed by atoms with E-state index < -0.39 is 97.5 Å². The minimum atomic E-state index is -4.98. The van der Waals surface area contributed by atoms with Crippen molar-refractivity contribution < 1.29 is 80.2 Å². The lowest BCUT2D eigenvalue weighted by Gasteiger charge is -2.21. The molecule has 3 N–H and O–H groups in total. The number of hydrogen-bond acceptors (Lipinski definition) is 15. The number of esters is 4. The molecule has 0 bridgehead atoms. The second-order valence-corrected chi connectivity index (χ2v) is 28.5. The Labute approximate surface area is 583 Å². The summed E-state index contributed by atoms with van der Waals surface area (Å²) in [5.41, 5.74) is 0. The zero-order valence-corrected chi connectivity index (χ0v) is 62.6. The molecule has 0 aliphatic carbocycles. The first kappa shape index (κ1) is 92.5. The first-order chi connectivity index (χ1) is 46.7. The Morgan fingerprint density at radius 2 is 0.542 bits per heavy atom. The summed E-state index contributed by atoms with van der Waals surface area (Å²) in [7, 11) is -9.94. The third-order valence-electron chi connectivity index (χ3n) is 16.2. The standard InChI is InChI=1S/C77H138O17P2/c1-5-9-13-17-21-25-29-32-35-38-42-45-49-53-57-61-74(79)87-67-72(93-76(81)63-59-55-51-47-41-28-24-20-16-12-8-4)69-91-95(83,84)89-65-71(78)66-90-96(85,86)92-70-73(94-77(82)64-60-56-52-48-44-40-37-34-31-27-23-19-15-11-7-3)68-88-75(80)62-58-54-50-46-43-39-36-33-30-26-22-18-14-10-6-2/h10-11,14-15,22-23,26-27,33-34,36-37,71-73,78H,5-9,12-13,16-21,24-25,28-32,35,38-70H2,1-4H3,(H,83,84)(H,85,86)/b14-10-,15-11-,26-22-,27-23-,36-33-,37-34-. The molecule has 96 heavy (non-hydrogen) atoms. The second kappa shape index (κ2) is 70.0. The molecule has 0 aromatic rings. The fraction of sp³-hybridized carbons (Fsp3) is 0.792. The number of aliphatic hydroxyl groups excluding tert-OH is 1. The molecule has 0 amide bonds. The molecular formula is C77H138O17P2. The van der Waals surface area contributed by atoms with E-state index in [1.54, 1.807) is 0 Å². The number of carbonyl (C=O) groups excluding carboxylic acids is 4. The van der Waals surface area contributed by atoms with Crippen molar-refractivity contribution in [2.75, 3.05) is 39.6 Å². The average Bonchev–Trinajstić information content (AvgIpc) is 1.09. The van der Waals surface area contributed by atoms with Crippen LogP contribution in [0.15, 0.2) is 72.9 Å². The van der Waals surface area contributed by atoms with Gasteiger partial charge in [0.05, 0.1) is 26.4 Å². The zero-order valence-electron chi connectivity index (χ0n) is 60.8. The van der Waals surface area contributed by atoms with Crippen molar-refractivity contribution in [3.8, 4) is 0 Å². The van der Waals surface area contributed by atoms with Crippen molar-refractivity contribution in [1.82, 2.24) is 0 Å². The van der Waals surface area contributed by atoms with E-state index in [-0.39, 0.29) is 25.7 Å². The molecule has 0 aromatic carbocycles. The normalized spacial score (nSPS) is 14.4. The number of rotatable bonds is 72. The molecule has 0 spiro atoms. The van der Waals surface area contributed by atoms with Gasteiger partial charge in [-0.15, -0.1) is 0 Å². The molecule has 0 radical (unpaired) electrons. The Hall–Kier alpha value is -3.50. The molecule has 0 aromatic heterocycles. The van der Waals surface area contributed by atoms with Gasteiger partial charge in [0.25, 0.3) is 0 Å². The summed E-state index contributed by atoms with van der Waals surface area (Å²) in [4.78, 5) is 72.8. The Morgan fingerprint density at radius 1 is 0.302 bits per heavy atom. The van der Waals surface area contributed by atoms with Crippen molar-refractivity contribution in [1.29, 1.82) is 0 Å². The predicted molar refractivity (Wildman–Crippen MR) is 390 cm³/mol. The lowest BCUT2D eigenvalue weighted by atomic mass is 10.0. The predicted octanol–water partition coefficient (Wildman–Crippen LogP) is 21.7. The molecular weight excluding hydrogens is 1260 g/mol. The summed E-state index contributed by atoms with van der Waals surface area (Å²) in [6.07, 6.45) is 68.9. The van der Waals surface area contributed by atoms with Gasteiger partial charge in [-0.2, -0.15) is 0 Å². The summed E-state index contributed by atoms with van der Waals surface area (Å²) in [6, 6.07) is 0. The maximum absolute atomic E-state index is 13.1. The van der Waals surface area contributed by atoms with Crippen LogP contribution >= 0.6 is 15.6 Å². The number of unbranched alkanes of at least 4 members (excludes halogenated alkanes) is 34. The maximum Gasteiger partial charge on any atom is 0.472 e. The first-order valence-electron chi connectivity index (χ1n) is 38.2. The van der Waals surface area contributed by atoms with E-state index >= 15 is 0 Å². The summed E-state index contributed by atoms with van der Waals surface area (Å²) in [5.74, 6) is -2.18. The van der Waals surface area contributed by atoms with Crippen molar-refractivity contribution in [2.45, 2.75) is 354 Å². The van der Waals surface area contributed by atoms with Gasteiger partial charge in [0.1, 0.15) is 19.3 Å². The molecule has 5 atom stereocenters. The number of phosphoric acid groups is 2. The van der Waals surface area contributed by atoms with Crippen molar-refractivity contribution in [3.63, 3.8) is 0 Å². The zero-order chi connectivity index (χ0) is 70.4. The van der Waals surface area contributed by atoms with Crippen molar-refractivity contribution >= 4 is 39.5 Å². The molecule has 0 aliphatic heterocycles. The van der Waals surface area contributed by atoms with E-state index in [1.165, 1.54) is 109 Å². The molecule has 0 saturated heterocycles. The van der Waals surface area contributed by atoms with E-state index in [2.05, 4.69) is 101 Å². The quantitative estimate of drug-likeness (QED) is 0.0169. The van der Waals surface area contributed by atoms with Crippen LogP contribution in [0, 0.1) is 0 Å². The highest BCUT2D eigenvalue weighted by Gasteiger charge is 2.30. The maximum atomic E-state index is 13.1. The first-order valence-corrected chi connectivity index (χ1v) is 41.2. The summed E-state index contributed by atoms with van der Waals surface area (Å²) in [6.45, 7) is 4.65. The van der Waals surface area contributed by atoms with Crippen LogP contribution < -0.4 is 0 Å². The third-order valence-corrected chi connectivity index (χ3v) is 18.1. The number of allylic oxidation sites excluding steroid dienone is 12. The van der Waals surface area contributed by atoms with Crippen LogP contribution in [0.25, 0.3) is 0 Å². The Balaban J connectivity index is 5.32. The van der Waals surface area contributed by atoms with Crippen LogP contribution in [-0.2, 0) is 65.4 Å². The van der Waals surface area contributed by atoms with Crippen LogP contribution in [-0.4, -0.2) is 96.7 Å². The lowest BCUT2D eigenvalue weighted by Crippen LogP contribution is -2.30. The van der Waals surface area contributed by atoms with Crippen LogP contribution in [0.5, 0.6) is 0 Å². The number of aliphatic hydroxyl groups is 1. The van der Waals surface area contributed by atoms with Crippen molar-refractivity contribution in [3.05, 3.63) is 72.9 Å². The van der Waals surface area contributed by atoms with Crippen LogP contribution in [0.1, 0.15) is 336 Å². The monoisotopic (exact) mass is 1400 g/mol. The molecule has 17 nitrogen and oxygen atoms in total. The largest absolute Gasteiger partial charge is 0.472 e. The Kier molecular flexibility index (Phi) is 67.4. The number of hydrogen-bond donors (Lipinski definition) is 3. The SMILES string of the molecule is CC/C=C\C/C=C\C/C=C\CCCCCCCC(=O)OCC(COP(=O)(O)OCC(O)COP(=O)(O)OCC(COC(=O)CCCCCCCCCCCCCCCCC)OC(=O)CCCCCCCCCCCCC)OC(=O)CCCCCCC/C=C\C/C=C\C/C=C\CC. The Morgan fingerprint density at radius 3 is 0.833 bits per heavy atom. The fourth-order valence-electron chi connectivity index (χ4n) is 10.4. The van der Waals surface area contributed by atoms with Crippen LogP contribution in [0.2, 0.25) is 0 Å². The molecule has 5 unspecified atom stereocenters. The molecule has 0 saturated carbocycles. The lowest BCUT2D eigenvalue weighted by molar-refractivity contribution is -0.161. The number of phosphoric ester groups is 2. The van der Waals surface area contributed by atoms with E-state index in [4.69, 9.17) is 37.0 Å². The van der Waals surface area contributed by atoms with Gasteiger partial charge < -0.3 is 33.8 Å². The van der Waals surface area contributed by atoms with Crippen LogP contribution in [0.4, 0.5) is 0 Å². The summed E-state index contributed by atoms with van der Waals surface area (Å²) >= 11 is 0. The van der Waals surface area contributed by atoms with Gasteiger partial charge in [-0.05, 0) is 89.9 Å². The summed E-state index contributed by atoms with van der Waals surface area (Å²) in [5, 5.41) is 10.6. The van der Waals surface area contributed by atoms with Gasteiger partial charge in [0.15, 0.2) is 12.2 Å². The van der Waals surface area contributed by atoms with Gasteiger partial charge in [-0.25, -0.2) is 9.13 Å². The number of carbonyl (C=O) groups is 4.